The topological polar surface area (TPSA) is 52.0 Å². The van der Waals surface area contributed by atoms with E-state index in [1.54, 1.807) is 11.0 Å². The number of nitrogens with one attached hydrogen (secondary N) is 1. The van der Waals surface area contributed by atoms with Crippen LogP contribution in [0.2, 0.25) is 0 Å². The van der Waals surface area contributed by atoms with Crippen molar-refractivity contribution in [3.05, 3.63) is 42.2 Å². The van der Waals surface area contributed by atoms with Crippen LogP contribution in [0.25, 0.3) is 5.69 Å². The van der Waals surface area contributed by atoms with Gasteiger partial charge in [-0.3, -0.25) is 0 Å². The normalized spacial score (nSPS) is 10.7. The molecule has 0 bridgehead atoms. The summed E-state index contributed by atoms with van der Waals surface area (Å²) in [5, 5.41) is 11.9. The number of aromatic nitrogens is 3. The SMILES string of the molecule is CCOCCNCc1cnn(-c2ccccc2)n1. The Morgan fingerprint density at radius 3 is 2.89 bits per heavy atom. The average Bonchev–Trinajstić information content (AvgIpc) is 2.88. The molecule has 2 aromatic rings. The van der Waals surface area contributed by atoms with Crippen molar-refractivity contribution < 1.29 is 4.74 Å². The lowest BCUT2D eigenvalue weighted by Crippen LogP contribution is -2.19. The van der Waals surface area contributed by atoms with Gasteiger partial charge in [0.2, 0.25) is 0 Å². The number of benzene rings is 1. The molecule has 0 atom stereocenters. The fourth-order valence-corrected chi connectivity index (χ4v) is 1.57. The van der Waals surface area contributed by atoms with E-state index in [0.29, 0.717) is 6.54 Å². The van der Waals surface area contributed by atoms with Gasteiger partial charge in [0.05, 0.1) is 24.2 Å². The summed E-state index contributed by atoms with van der Waals surface area (Å²) in [6.07, 6.45) is 1.78. The van der Waals surface area contributed by atoms with Crippen molar-refractivity contribution in [2.75, 3.05) is 19.8 Å². The van der Waals surface area contributed by atoms with Gasteiger partial charge in [-0.1, -0.05) is 18.2 Å². The number of ether oxygens (including phenoxy) is 1. The molecule has 0 unspecified atom stereocenters. The van der Waals surface area contributed by atoms with Crippen molar-refractivity contribution in [2.24, 2.45) is 0 Å². The van der Waals surface area contributed by atoms with Crippen LogP contribution in [-0.2, 0) is 11.3 Å². The Kier molecular flexibility index (Phi) is 4.87. The smallest absolute Gasteiger partial charge is 0.0969 e. The minimum Gasteiger partial charge on any atom is -0.380 e. The van der Waals surface area contributed by atoms with E-state index >= 15 is 0 Å². The Bertz CT molecular complexity index is 455. The molecule has 0 saturated carbocycles. The lowest BCUT2D eigenvalue weighted by atomic mass is 10.3. The van der Waals surface area contributed by atoms with E-state index in [2.05, 4.69) is 15.5 Å². The van der Waals surface area contributed by atoms with Gasteiger partial charge < -0.3 is 10.1 Å². The zero-order chi connectivity index (χ0) is 12.6. The molecule has 1 aromatic heterocycles. The molecule has 0 amide bonds. The summed E-state index contributed by atoms with van der Waals surface area (Å²) in [7, 11) is 0. The summed E-state index contributed by atoms with van der Waals surface area (Å²) in [6.45, 7) is 5.01. The van der Waals surface area contributed by atoms with E-state index in [0.717, 1.165) is 31.1 Å². The first-order valence-electron chi connectivity index (χ1n) is 6.15. The van der Waals surface area contributed by atoms with Gasteiger partial charge in [0.1, 0.15) is 0 Å². The molecule has 96 valence electrons. The Hall–Kier alpha value is -1.72. The highest BCUT2D eigenvalue weighted by molar-refractivity contribution is 5.28. The molecule has 0 aliphatic carbocycles. The highest BCUT2D eigenvalue weighted by atomic mass is 16.5. The van der Waals surface area contributed by atoms with Gasteiger partial charge in [0.25, 0.3) is 0 Å². The molecular weight excluding hydrogens is 228 g/mol. The van der Waals surface area contributed by atoms with Gasteiger partial charge in [-0.2, -0.15) is 15.0 Å². The Labute approximate surface area is 107 Å². The first kappa shape index (κ1) is 12.7. The molecule has 0 fully saturated rings. The Morgan fingerprint density at radius 2 is 2.11 bits per heavy atom. The van der Waals surface area contributed by atoms with Crippen molar-refractivity contribution in [2.45, 2.75) is 13.5 Å². The van der Waals surface area contributed by atoms with E-state index in [1.165, 1.54) is 0 Å². The average molecular weight is 246 g/mol. The second-order valence-corrected chi connectivity index (χ2v) is 3.83. The number of para-hydroxylation sites is 1. The molecule has 5 nitrogen and oxygen atoms in total. The maximum atomic E-state index is 5.24. The third-order valence-corrected chi connectivity index (χ3v) is 2.46. The molecule has 0 aliphatic heterocycles. The quantitative estimate of drug-likeness (QED) is 0.750. The Morgan fingerprint density at radius 1 is 1.28 bits per heavy atom. The lowest BCUT2D eigenvalue weighted by molar-refractivity contribution is 0.149. The molecule has 0 radical (unpaired) electrons. The molecule has 1 N–H and O–H groups in total. The molecule has 18 heavy (non-hydrogen) atoms. The van der Waals surface area contributed by atoms with Gasteiger partial charge >= 0.3 is 0 Å². The molecule has 0 saturated heterocycles. The van der Waals surface area contributed by atoms with Crippen molar-refractivity contribution in [1.29, 1.82) is 0 Å². The van der Waals surface area contributed by atoms with Crippen molar-refractivity contribution in [1.82, 2.24) is 20.3 Å². The van der Waals surface area contributed by atoms with Crippen LogP contribution in [0.1, 0.15) is 12.6 Å². The summed E-state index contributed by atoms with van der Waals surface area (Å²) in [6, 6.07) is 9.87. The summed E-state index contributed by atoms with van der Waals surface area (Å²) >= 11 is 0. The standard InChI is InChI=1S/C13H18N4O/c1-2-18-9-8-14-10-12-11-15-17(16-12)13-6-4-3-5-7-13/h3-7,11,14H,2,8-10H2,1H3. The van der Waals surface area contributed by atoms with Gasteiger partial charge in [0, 0.05) is 19.7 Å². The van der Waals surface area contributed by atoms with Crippen molar-refractivity contribution in [3.63, 3.8) is 0 Å². The van der Waals surface area contributed by atoms with Crippen LogP contribution >= 0.6 is 0 Å². The molecular formula is C13H18N4O. The second-order valence-electron chi connectivity index (χ2n) is 3.83. The van der Waals surface area contributed by atoms with E-state index in [1.807, 2.05) is 37.3 Å². The molecule has 0 spiro atoms. The monoisotopic (exact) mass is 246 g/mol. The van der Waals surface area contributed by atoms with Crippen LogP contribution in [0.15, 0.2) is 36.5 Å². The van der Waals surface area contributed by atoms with Gasteiger partial charge in [-0.15, -0.1) is 0 Å². The minimum absolute atomic E-state index is 0.708. The highest BCUT2D eigenvalue weighted by Crippen LogP contribution is 2.03. The summed E-state index contributed by atoms with van der Waals surface area (Å²) < 4.78 is 5.24. The highest BCUT2D eigenvalue weighted by Gasteiger charge is 2.01. The third kappa shape index (κ3) is 3.65. The predicted octanol–water partition coefficient (Wildman–Crippen LogP) is 1.39. The number of nitrogens with zero attached hydrogens (tertiary/aromatic N) is 3. The van der Waals surface area contributed by atoms with E-state index < -0.39 is 0 Å². The third-order valence-electron chi connectivity index (χ3n) is 2.46. The first-order valence-corrected chi connectivity index (χ1v) is 6.15. The largest absolute Gasteiger partial charge is 0.380 e. The van der Waals surface area contributed by atoms with Gasteiger partial charge in [0.15, 0.2) is 0 Å². The fourth-order valence-electron chi connectivity index (χ4n) is 1.57. The van der Waals surface area contributed by atoms with Crippen LogP contribution in [0.5, 0.6) is 0 Å². The van der Waals surface area contributed by atoms with Crippen LogP contribution in [0.4, 0.5) is 0 Å². The lowest BCUT2D eigenvalue weighted by Gasteiger charge is -2.02. The van der Waals surface area contributed by atoms with Crippen LogP contribution in [-0.4, -0.2) is 34.8 Å². The minimum atomic E-state index is 0.708. The van der Waals surface area contributed by atoms with E-state index in [-0.39, 0.29) is 0 Å². The second kappa shape index (κ2) is 6.88. The maximum absolute atomic E-state index is 5.24. The predicted molar refractivity (Wildman–Crippen MR) is 69.6 cm³/mol. The molecule has 5 heteroatoms. The van der Waals surface area contributed by atoms with E-state index in [4.69, 9.17) is 4.74 Å². The summed E-state index contributed by atoms with van der Waals surface area (Å²) in [5.41, 5.74) is 1.90. The van der Waals surface area contributed by atoms with Crippen molar-refractivity contribution >= 4 is 0 Å². The van der Waals surface area contributed by atoms with Gasteiger partial charge in [-0.05, 0) is 19.1 Å². The van der Waals surface area contributed by atoms with Crippen LogP contribution in [0, 0.1) is 0 Å². The zero-order valence-electron chi connectivity index (χ0n) is 10.5. The van der Waals surface area contributed by atoms with Crippen LogP contribution in [0.3, 0.4) is 0 Å². The number of hydrogen-bond acceptors (Lipinski definition) is 4. The summed E-state index contributed by atoms with van der Waals surface area (Å²) in [5.74, 6) is 0. The molecule has 2 rings (SSSR count). The van der Waals surface area contributed by atoms with E-state index in [9.17, 15) is 0 Å². The fraction of sp³-hybridized carbons (Fsp3) is 0.385. The molecule has 1 aromatic carbocycles. The molecule has 0 aliphatic rings. The zero-order valence-corrected chi connectivity index (χ0v) is 10.5. The summed E-state index contributed by atoms with van der Waals surface area (Å²) in [4.78, 5) is 1.64. The number of hydrogen-bond donors (Lipinski definition) is 1. The molecule has 1 heterocycles. The first-order chi connectivity index (χ1) is 8.90. The van der Waals surface area contributed by atoms with Crippen LogP contribution < -0.4 is 5.32 Å². The number of rotatable bonds is 7. The maximum Gasteiger partial charge on any atom is 0.0969 e. The Balaban J connectivity index is 1.83. The van der Waals surface area contributed by atoms with Crippen molar-refractivity contribution in [3.8, 4) is 5.69 Å². The van der Waals surface area contributed by atoms with Gasteiger partial charge in [-0.25, -0.2) is 0 Å².